The van der Waals surface area contributed by atoms with Crippen LogP contribution in [0.25, 0.3) is 0 Å². The quantitative estimate of drug-likeness (QED) is 0.577. The first kappa shape index (κ1) is 19.5. The summed E-state index contributed by atoms with van der Waals surface area (Å²) in [5.41, 5.74) is 0.292. The number of halogens is 3. The number of benzene rings is 1. The van der Waals surface area contributed by atoms with Crippen molar-refractivity contribution in [2.75, 3.05) is 20.7 Å². The van der Waals surface area contributed by atoms with Crippen LogP contribution in [-0.2, 0) is 18.1 Å². The zero-order valence-electron chi connectivity index (χ0n) is 15.1. The molecule has 1 aliphatic rings. The van der Waals surface area contributed by atoms with E-state index in [2.05, 4.69) is 26.7 Å². The van der Waals surface area contributed by atoms with Gasteiger partial charge in [0.2, 0.25) is 0 Å². The molecule has 2 aromatic rings. The number of methoxy groups -OCH3 is 1. The van der Waals surface area contributed by atoms with Crippen LogP contribution in [0.5, 0.6) is 5.75 Å². The van der Waals surface area contributed by atoms with Crippen molar-refractivity contribution in [1.29, 1.82) is 0 Å². The number of aromatic nitrogens is 1. The maximum atomic E-state index is 12.6. The van der Waals surface area contributed by atoms with Crippen LogP contribution < -0.4 is 15.4 Å². The number of guanidine groups is 1. The van der Waals surface area contributed by atoms with Gasteiger partial charge < -0.3 is 15.4 Å². The maximum absolute atomic E-state index is 12.6. The number of ether oxygens (including phenoxy) is 1. The summed E-state index contributed by atoms with van der Waals surface area (Å²) in [6.45, 7) is 0.848. The molecule has 1 heterocycles. The minimum Gasteiger partial charge on any atom is -0.496 e. The van der Waals surface area contributed by atoms with Crippen molar-refractivity contribution >= 4 is 17.3 Å². The minimum atomic E-state index is -4.41. The van der Waals surface area contributed by atoms with Crippen LogP contribution in [0.15, 0.2) is 34.6 Å². The van der Waals surface area contributed by atoms with Crippen molar-refractivity contribution in [2.45, 2.75) is 31.0 Å². The van der Waals surface area contributed by atoms with Gasteiger partial charge in [0.15, 0.2) is 11.7 Å². The van der Waals surface area contributed by atoms with Crippen LogP contribution in [0.2, 0.25) is 0 Å². The number of rotatable bonds is 6. The standard InChI is InChI=1S/C18H21F3N4OS/c1-22-16(23-9-15-25-14(10-27-15)18(19,20)21)24-11-17(7-8-17)12-5-3-4-6-13(12)26-2/h3-6,10H,7-9,11H2,1-2H3,(H2,22,23,24). The third kappa shape index (κ3) is 4.52. The van der Waals surface area contributed by atoms with Crippen molar-refractivity contribution < 1.29 is 17.9 Å². The van der Waals surface area contributed by atoms with Gasteiger partial charge in [-0.25, -0.2) is 4.98 Å². The summed E-state index contributed by atoms with van der Waals surface area (Å²) in [4.78, 5) is 7.75. The summed E-state index contributed by atoms with van der Waals surface area (Å²) in [6, 6.07) is 7.95. The Morgan fingerprint density at radius 1 is 1.30 bits per heavy atom. The Balaban J connectivity index is 1.58. The summed E-state index contributed by atoms with van der Waals surface area (Å²) < 4.78 is 43.3. The summed E-state index contributed by atoms with van der Waals surface area (Å²) in [6.07, 6.45) is -2.33. The second-order valence-corrected chi connectivity index (χ2v) is 7.33. The average molecular weight is 398 g/mol. The number of thiazole rings is 1. The van der Waals surface area contributed by atoms with E-state index in [1.165, 1.54) is 0 Å². The van der Waals surface area contributed by atoms with Crippen molar-refractivity contribution in [1.82, 2.24) is 15.6 Å². The molecule has 0 radical (unpaired) electrons. The Kier molecular flexibility index (Phi) is 5.59. The molecule has 1 saturated carbocycles. The smallest absolute Gasteiger partial charge is 0.434 e. The van der Waals surface area contributed by atoms with Crippen LogP contribution in [0.3, 0.4) is 0 Å². The van der Waals surface area contributed by atoms with Crippen LogP contribution in [0.4, 0.5) is 13.2 Å². The van der Waals surface area contributed by atoms with Crippen LogP contribution in [0, 0.1) is 0 Å². The van der Waals surface area contributed by atoms with Gasteiger partial charge in [-0.2, -0.15) is 13.2 Å². The number of nitrogens with zero attached hydrogens (tertiary/aromatic N) is 2. The van der Waals surface area contributed by atoms with E-state index in [4.69, 9.17) is 4.74 Å². The fourth-order valence-corrected chi connectivity index (χ4v) is 3.67. The van der Waals surface area contributed by atoms with Crippen molar-refractivity contribution in [3.05, 3.63) is 45.9 Å². The second kappa shape index (κ2) is 7.75. The molecule has 2 N–H and O–H groups in total. The normalized spacial score (nSPS) is 16.1. The molecule has 9 heteroatoms. The maximum Gasteiger partial charge on any atom is 0.434 e. The number of hydrogen-bond donors (Lipinski definition) is 2. The summed E-state index contributed by atoms with van der Waals surface area (Å²) >= 11 is 0.974. The van der Waals surface area contributed by atoms with E-state index in [-0.39, 0.29) is 12.0 Å². The second-order valence-electron chi connectivity index (χ2n) is 6.38. The molecule has 3 rings (SSSR count). The molecular formula is C18H21F3N4OS. The van der Waals surface area contributed by atoms with Crippen LogP contribution in [0.1, 0.15) is 29.1 Å². The van der Waals surface area contributed by atoms with E-state index < -0.39 is 11.9 Å². The average Bonchev–Trinajstić information content (AvgIpc) is 3.28. The predicted molar refractivity (Wildman–Crippen MR) is 99.2 cm³/mol. The Bertz CT molecular complexity index is 815. The van der Waals surface area contributed by atoms with Gasteiger partial charge in [0.05, 0.1) is 13.7 Å². The van der Waals surface area contributed by atoms with Gasteiger partial charge in [-0.05, 0) is 18.9 Å². The Morgan fingerprint density at radius 3 is 2.63 bits per heavy atom. The van der Waals surface area contributed by atoms with E-state index in [1.807, 2.05) is 18.2 Å². The lowest BCUT2D eigenvalue weighted by atomic mass is 9.95. The van der Waals surface area contributed by atoms with Gasteiger partial charge in [-0.1, -0.05) is 18.2 Å². The molecule has 27 heavy (non-hydrogen) atoms. The zero-order valence-corrected chi connectivity index (χ0v) is 15.9. The molecule has 146 valence electrons. The Labute approximate surface area is 159 Å². The van der Waals surface area contributed by atoms with E-state index >= 15 is 0 Å². The van der Waals surface area contributed by atoms with Crippen molar-refractivity contribution in [3.8, 4) is 5.75 Å². The molecule has 0 unspecified atom stereocenters. The number of para-hydroxylation sites is 1. The summed E-state index contributed by atoms with van der Waals surface area (Å²) in [7, 11) is 3.28. The molecule has 0 atom stereocenters. The number of alkyl halides is 3. The number of nitrogens with one attached hydrogen (secondary N) is 2. The van der Waals surface area contributed by atoms with Gasteiger partial charge in [-0.3, -0.25) is 4.99 Å². The third-order valence-electron chi connectivity index (χ3n) is 4.60. The predicted octanol–water partition coefficient (Wildman–Crippen LogP) is 3.57. The molecule has 5 nitrogen and oxygen atoms in total. The third-order valence-corrected chi connectivity index (χ3v) is 5.45. The van der Waals surface area contributed by atoms with Gasteiger partial charge >= 0.3 is 6.18 Å². The highest BCUT2D eigenvalue weighted by Crippen LogP contribution is 2.50. The molecule has 0 aliphatic heterocycles. The largest absolute Gasteiger partial charge is 0.496 e. The Morgan fingerprint density at radius 2 is 2.04 bits per heavy atom. The lowest BCUT2D eigenvalue weighted by molar-refractivity contribution is -0.140. The van der Waals surface area contributed by atoms with Gasteiger partial charge in [0, 0.05) is 30.0 Å². The monoisotopic (exact) mass is 398 g/mol. The van der Waals surface area contributed by atoms with Gasteiger partial charge in [0.25, 0.3) is 0 Å². The first-order valence-corrected chi connectivity index (χ1v) is 9.35. The van der Waals surface area contributed by atoms with E-state index in [0.717, 1.165) is 40.9 Å². The van der Waals surface area contributed by atoms with Crippen LogP contribution >= 0.6 is 11.3 Å². The fourth-order valence-electron chi connectivity index (χ4n) is 2.93. The molecule has 1 fully saturated rings. The fraction of sp³-hybridized carbons (Fsp3) is 0.444. The number of aliphatic imine (C=N–C) groups is 1. The number of hydrogen-bond acceptors (Lipinski definition) is 4. The lowest BCUT2D eigenvalue weighted by Crippen LogP contribution is -2.41. The highest BCUT2D eigenvalue weighted by Gasteiger charge is 2.46. The molecule has 0 amide bonds. The SMILES string of the molecule is CN=C(NCc1nc(C(F)(F)F)cs1)NCC1(c2ccccc2OC)CC1. The summed E-state index contributed by atoms with van der Waals surface area (Å²) in [5.74, 6) is 1.39. The van der Waals surface area contributed by atoms with Crippen LogP contribution in [-0.4, -0.2) is 31.6 Å². The minimum absolute atomic E-state index is 0.00510. The molecule has 0 spiro atoms. The molecule has 0 saturated heterocycles. The van der Waals surface area contributed by atoms with Gasteiger partial charge in [-0.15, -0.1) is 11.3 Å². The first-order valence-electron chi connectivity index (χ1n) is 8.47. The van der Waals surface area contributed by atoms with E-state index in [9.17, 15) is 13.2 Å². The first-order chi connectivity index (χ1) is 12.9. The van der Waals surface area contributed by atoms with E-state index in [0.29, 0.717) is 17.5 Å². The molecule has 1 aromatic carbocycles. The van der Waals surface area contributed by atoms with E-state index in [1.54, 1.807) is 14.2 Å². The lowest BCUT2D eigenvalue weighted by Gasteiger charge is -2.21. The topological polar surface area (TPSA) is 58.5 Å². The summed E-state index contributed by atoms with van der Waals surface area (Å²) in [5, 5.41) is 7.67. The zero-order chi connectivity index (χ0) is 19.5. The highest BCUT2D eigenvalue weighted by molar-refractivity contribution is 7.09. The highest BCUT2D eigenvalue weighted by atomic mass is 32.1. The Hall–Kier alpha value is -2.29. The van der Waals surface area contributed by atoms with Gasteiger partial charge in [0.1, 0.15) is 10.8 Å². The molecule has 0 bridgehead atoms. The molecule has 1 aliphatic carbocycles. The van der Waals surface area contributed by atoms with Crippen molar-refractivity contribution in [2.24, 2.45) is 4.99 Å². The van der Waals surface area contributed by atoms with Crippen molar-refractivity contribution in [3.63, 3.8) is 0 Å². The molecule has 1 aromatic heterocycles. The molecular weight excluding hydrogens is 377 g/mol.